The number of nitrogens with zero attached hydrogens (tertiary/aromatic N) is 8. The van der Waals surface area contributed by atoms with Gasteiger partial charge in [0.2, 0.25) is 11.6 Å². The maximum Gasteiger partial charge on any atom is 0.345 e. The lowest BCUT2D eigenvalue weighted by atomic mass is 10.2. The molecule has 0 saturated carbocycles. The molecule has 74 heavy (non-hydrogen) atoms. The molecule has 4 aromatic heterocycles. The summed E-state index contributed by atoms with van der Waals surface area (Å²) in [5.74, 6) is -8.08. The van der Waals surface area contributed by atoms with Crippen LogP contribution in [0.25, 0.3) is 44.6 Å². The zero-order valence-electron chi connectivity index (χ0n) is 38.5. The topological polar surface area (TPSA) is 160 Å². The molecule has 0 radical (unpaired) electrons. The molecule has 0 bridgehead atoms. The number of carbonyl (C=O) groups is 2. The number of hydrazine groups is 1. The van der Waals surface area contributed by atoms with Gasteiger partial charge in [0.05, 0.1) is 57.2 Å². The van der Waals surface area contributed by atoms with Crippen LogP contribution in [0.4, 0.5) is 54.3 Å². The van der Waals surface area contributed by atoms with Crippen LogP contribution in [0.15, 0.2) is 158 Å². The number of benzene rings is 6. The third kappa shape index (κ3) is 10.4. The van der Waals surface area contributed by atoms with Gasteiger partial charge in [-0.2, -0.15) is 18.8 Å². The molecule has 0 aliphatic carbocycles. The molecule has 0 unspecified atom stereocenters. The maximum atomic E-state index is 16.0. The number of rotatable bonds is 10. The number of ether oxygens (including phenoxy) is 2. The summed E-state index contributed by atoms with van der Waals surface area (Å²) in [6.45, 7) is 3.68. The van der Waals surface area contributed by atoms with Gasteiger partial charge in [0, 0.05) is 87.7 Å². The number of amides is 4. The lowest BCUT2D eigenvalue weighted by Gasteiger charge is -2.35. The normalized spacial score (nSPS) is 11.1. The number of urea groups is 2. The van der Waals surface area contributed by atoms with E-state index in [9.17, 15) is 14.0 Å². The van der Waals surface area contributed by atoms with E-state index in [0.717, 1.165) is 35.7 Å². The van der Waals surface area contributed by atoms with E-state index in [0.29, 0.717) is 66.7 Å². The van der Waals surface area contributed by atoms with Gasteiger partial charge < -0.3 is 20.1 Å². The Labute approximate surface area is 421 Å². The fourth-order valence-corrected chi connectivity index (χ4v) is 7.70. The molecule has 10 aromatic rings. The minimum absolute atomic E-state index is 0.0195. The third-order valence-corrected chi connectivity index (χ3v) is 11.3. The number of pyridine rings is 2. The summed E-state index contributed by atoms with van der Waals surface area (Å²) in [7, 11) is 0. The molecule has 366 valence electrons. The molecule has 14 nitrogen and oxygen atoms in total. The van der Waals surface area contributed by atoms with Gasteiger partial charge in [-0.05, 0) is 98.8 Å². The van der Waals surface area contributed by atoms with Crippen molar-refractivity contribution in [2.45, 2.75) is 13.8 Å². The van der Waals surface area contributed by atoms with Gasteiger partial charge in [0.25, 0.3) is 0 Å². The molecule has 0 atom stereocenters. The average Bonchev–Trinajstić information content (AvgIpc) is 3.38. The van der Waals surface area contributed by atoms with Crippen molar-refractivity contribution < 1.29 is 41.0 Å². The number of halogens is 6. The molecule has 4 amide bonds. The highest BCUT2D eigenvalue weighted by molar-refractivity contribution is 6.31. The highest BCUT2D eigenvalue weighted by atomic mass is 35.5. The summed E-state index contributed by atoms with van der Waals surface area (Å²) in [4.78, 5) is 56.3. The van der Waals surface area contributed by atoms with E-state index in [-0.39, 0.29) is 27.9 Å². The zero-order valence-corrected chi connectivity index (χ0v) is 39.2. The molecular weight excluding hydrogens is 983 g/mol. The van der Waals surface area contributed by atoms with Gasteiger partial charge in [-0.3, -0.25) is 19.9 Å². The number of hydrogen-bond acceptors (Lipinski definition) is 10. The van der Waals surface area contributed by atoms with E-state index in [1.165, 1.54) is 60.7 Å². The van der Waals surface area contributed by atoms with Gasteiger partial charge in [-0.1, -0.05) is 23.7 Å². The first-order chi connectivity index (χ1) is 35.7. The number of aryl methyl sites for hydroxylation is 2. The highest BCUT2D eigenvalue weighted by Crippen LogP contribution is 2.37. The minimum atomic E-state index is -1.53. The third-order valence-electron chi connectivity index (χ3n) is 11.1. The fourth-order valence-electron chi connectivity index (χ4n) is 7.51. The van der Waals surface area contributed by atoms with Crippen LogP contribution in [0, 0.1) is 42.9 Å². The van der Waals surface area contributed by atoms with E-state index in [4.69, 9.17) is 21.1 Å². The second-order valence-electron chi connectivity index (χ2n) is 16.4. The van der Waals surface area contributed by atoms with Crippen LogP contribution in [-0.4, -0.2) is 42.0 Å². The van der Waals surface area contributed by atoms with Crippen molar-refractivity contribution in [3.8, 4) is 45.5 Å². The Balaban J connectivity index is 1.01. The molecule has 0 spiro atoms. The Morgan fingerprint density at radius 3 is 1.59 bits per heavy atom. The Morgan fingerprint density at radius 2 is 1.04 bits per heavy atom. The molecule has 20 heteroatoms. The molecule has 4 heterocycles. The summed E-state index contributed by atoms with van der Waals surface area (Å²) >= 11 is 6.42. The first kappa shape index (κ1) is 48.0. The predicted molar refractivity (Wildman–Crippen MR) is 269 cm³/mol. The van der Waals surface area contributed by atoms with Crippen molar-refractivity contribution in [3.63, 3.8) is 0 Å². The van der Waals surface area contributed by atoms with Crippen LogP contribution < -0.4 is 30.1 Å². The summed E-state index contributed by atoms with van der Waals surface area (Å²) < 4.78 is 89.3. The van der Waals surface area contributed by atoms with Crippen LogP contribution >= 0.6 is 11.6 Å². The van der Waals surface area contributed by atoms with Crippen molar-refractivity contribution in [2.75, 3.05) is 20.7 Å². The summed E-state index contributed by atoms with van der Waals surface area (Å²) in [5.41, 5.74) is 4.28. The van der Waals surface area contributed by atoms with Crippen LogP contribution in [0.5, 0.6) is 23.0 Å². The largest absolute Gasteiger partial charge is 0.454 e. The number of aromatic nitrogens is 6. The van der Waals surface area contributed by atoms with Crippen molar-refractivity contribution in [1.29, 1.82) is 0 Å². The molecule has 10 rings (SSSR count). The van der Waals surface area contributed by atoms with E-state index < -0.39 is 64.0 Å². The van der Waals surface area contributed by atoms with Crippen molar-refractivity contribution in [2.24, 2.45) is 0 Å². The summed E-state index contributed by atoms with van der Waals surface area (Å²) in [6.07, 6.45) is 6.39. The highest BCUT2D eigenvalue weighted by Gasteiger charge is 2.33. The van der Waals surface area contributed by atoms with Gasteiger partial charge in [0.1, 0.15) is 17.3 Å². The molecule has 0 aliphatic rings. The quantitative estimate of drug-likeness (QED) is 0.0997. The monoisotopic (exact) mass is 1020 g/mol. The van der Waals surface area contributed by atoms with Gasteiger partial charge >= 0.3 is 12.1 Å². The lowest BCUT2D eigenvalue weighted by molar-refractivity contribution is 0.248. The van der Waals surface area contributed by atoms with Crippen LogP contribution in [-0.2, 0) is 0 Å². The second-order valence-corrected chi connectivity index (χ2v) is 16.8. The van der Waals surface area contributed by atoms with Crippen LogP contribution in [0.1, 0.15) is 11.4 Å². The van der Waals surface area contributed by atoms with E-state index in [1.54, 1.807) is 36.9 Å². The molecular formula is C54H34ClF5N10O4. The Kier molecular flexibility index (Phi) is 13.1. The van der Waals surface area contributed by atoms with E-state index in [2.05, 4.69) is 40.5 Å². The van der Waals surface area contributed by atoms with Gasteiger partial charge in [0.15, 0.2) is 23.1 Å². The number of carbonyl (C=O) groups excluding carboxylic acids is 2. The molecule has 0 aliphatic heterocycles. The lowest BCUT2D eigenvalue weighted by Crippen LogP contribution is -2.54. The van der Waals surface area contributed by atoms with Gasteiger partial charge in [-0.25, -0.2) is 32.7 Å². The van der Waals surface area contributed by atoms with Crippen LogP contribution in [0.3, 0.4) is 0 Å². The molecule has 6 aromatic carbocycles. The van der Waals surface area contributed by atoms with Crippen molar-refractivity contribution >= 4 is 68.5 Å². The molecule has 2 N–H and O–H groups in total. The first-order valence-corrected chi connectivity index (χ1v) is 22.6. The second kappa shape index (κ2) is 20.2. The van der Waals surface area contributed by atoms with Crippen molar-refractivity contribution in [1.82, 2.24) is 29.9 Å². The fraction of sp³-hybridized carbons (Fsp3) is 0.0370. The number of hydrogen-bond donors (Lipinski definition) is 2. The number of anilines is 4. The van der Waals surface area contributed by atoms with E-state index in [1.807, 2.05) is 38.1 Å². The number of nitrogens with one attached hydrogen (secondary N) is 2. The SMILES string of the molecule is Cc1ccc(-c2cnc3ccc(Oc4cc(NC(=O)N(c5cccc(Cl)c5)N(C(=O)Nc5cccc(F)c5)c5cc(F)c(F)c(Oc6ccc7ncc(-c8ccc(C)nc8)nc7c6)c5)cc(F)c4F)cc3n2)cn1. The van der Waals surface area contributed by atoms with Crippen molar-refractivity contribution in [3.05, 3.63) is 204 Å². The van der Waals surface area contributed by atoms with Crippen LogP contribution in [0.2, 0.25) is 5.02 Å². The smallest absolute Gasteiger partial charge is 0.345 e. The molecule has 0 saturated heterocycles. The predicted octanol–water partition coefficient (Wildman–Crippen LogP) is 13.9. The Hall–Kier alpha value is -9.62. The maximum absolute atomic E-state index is 16.0. The Bertz CT molecular complexity index is 3820. The average molecular weight is 1020 g/mol. The number of fused-ring (bicyclic) bond motifs is 2. The summed E-state index contributed by atoms with van der Waals surface area (Å²) in [6, 6.07) is 27.0. The first-order valence-electron chi connectivity index (χ1n) is 22.2. The summed E-state index contributed by atoms with van der Waals surface area (Å²) in [5, 5.41) is 6.17. The van der Waals surface area contributed by atoms with Gasteiger partial charge in [-0.15, -0.1) is 0 Å². The molecule has 0 fully saturated rings. The Morgan fingerprint density at radius 1 is 0.500 bits per heavy atom. The zero-order chi connectivity index (χ0) is 51.6. The minimum Gasteiger partial charge on any atom is -0.454 e. The standard InChI is InChI=1S/C54H34ClF5N10O4/c1-29-9-11-31(25-61-29)47-27-63-43-15-13-39(23-45(43)67-47)73-49-20-36(19-41(57)51(49)59)66-54(72)69(37-8-3-5-33(55)17-37)70(53(71)65-35-7-4-6-34(56)18-35)38-21-42(58)52(60)50(22-38)74-40-14-16-44-46(24-40)68-48(28-64-44)32-12-10-30(2)62-26-32/h3-28H,1-2H3,(H,65,71)(H,66,72). The van der Waals surface area contributed by atoms with E-state index >= 15 is 17.6 Å².